The van der Waals surface area contributed by atoms with Gasteiger partial charge in [-0.05, 0) is 37.8 Å². The Bertz CT molecular complexity index is 1150. The Labute approximate surface area is 224 Å². The molecular weight excluding hydrogens is 486 g/mol. The molecule has 0 bridgehead atoms. The molecule has 1 saturated heterocycles. The third-order valence-electron chi connectivity index (χ3n) is 7.00. The molecule has 0 aromatic heterocycles. The van der Waals surface area contributed by atoms with Gasteiger partial charge in [0.15, 0.2) is 0 Å². The maximum absolute atomic E-state index is 12.7. The molecule has 2 aliphatic rings. The van der Waals surface area contributed by atoms with Gasteiger partial charge in [0.25, 0.3) is 0 Å². The summed E-state index contributed by atoms with van der Waals surface area (Å²) >= 11 is 0. The van der Waals surface area contributed by atoms with Gasteiger partial charge in [-0.15, -0.1) is 0 Å². The summed E-state index contributed by atoms with van der Waals surface area (Å²) in [6.07, 6.45) is 3.45. The molecule has 0 radical (unpaired) electrons. The van der Waals surface area contributed by atoms with E-state index in [0.29, 0.717) is 49.5 Å². The summed E-state index contributed by atoms with van der Waals surface area (Å²) < 4.78 is 28.2. The zero-order chi connectivity index (χ0) is 26.9. The van der Waals surface area contributed by atoms with Crippen LogP contribution in [-0.2, 0) is 38.6 Å². The van der Waals surface area contributed by atoms with Gasteiger partial charge in [0, 0.05) is 37.2 Å². The molecule has 0 saturated carbocycles. The second kappa shape index (κ2) is 13.4. The number of fused-ring (bicyclic) bond motifs is 1. The van der Waals surface area contributed by atoms with Gasteiger partial charge in [-0.3, -0.25) is 9.69 Å². The first-order valence-electron chi connectivity index (χ1n) is 13.2. The molecule has 8 nitrogen and oxygen atoms in total. The van der Waals surface area contributed by atoms with E-state index in [9.17, 15) is 9.59 Å². The van der Waals surface area contributed by atoms with E-state index in [0.717, 1.165) is 60.7 Å². The Morgan fingerprint density at radius 2 is 1.87 bits per heavy atom. The highest BCUT2D eigenvalue weighted by molar-refractivity contribution is 5.98. The standard InChI is InChI=1S/C30H37NO7/c1-21(10-12-26(32)36-18-15-31-13-16-35-17-14-31)9-11-24-28(34-3)22(2)25-20-38-30(33)27(25)29(24)37-19-23-7-5-4-6-8-23/h4-9H,10-20H2,1-3H3/b21-9+. The average molecular weight is 524 g/mol. The number of hydrogen-bond donors (Lipinski definition) is 0. The number of ether oxygens (including phenoxy) is 5. The number of carbonyl (C=O) groups is 2. The number of allylic oxidation sites excluding steroid dienone is 2. The summed E-state index contributed by atoms with van der Waals surface area (Å²) in [6.45, 7) is 8.79. The number of hydrogen-bond acceptors (Lipinski definition) is 8. The maximum Gasteiger partial charge on any atom is 0.342 e. The minimum Gasteiger partial charge on any atom is -0.496 e. The van der Waals surface area contributed by atoms with Crippen molar-refractivity contribution in [2.75, 3.05) is 46.6 Å². The van der Waals surface area contributed by atoms with Crippen molar-refractivity contribution < 1.29 is 33.3 Å². The smallest absolute Gasteiger partial charge is 0.342 e. The van der Waals surface area contributed by atoms with Crippen LogP contribution in [0.4, 0.5) is 0 Å². The lowest BCUT2D eigenvalue weighted by atomic mass is 9.94. The predicted octanol–water partition coefficient (Wildman–Crippen LogP) is 4.40. The van der Waals surface area contributed by atoms with Gasteiger partial charge in [0.05, 0.1) is 20.3 Å². The molecule has 38 heavy (non-hydrogen) atoms. The summed E-state index contributed by atoms with van der Waals surface area (Å²) in [6, 6.07) is 9.81. The molecular formula is C30H37NO7. The van der Waals surface area contributed by atoms with Gasteiger partial charge >= 0.3 is 11.9 Å². The van der Waals surface area contributed by atoms with Crippen molar-refractivity contribution in [2.45, 2.75) is 46.3 Å². The van der Waals surface area contributed by atoms with Crippen molar-refractivity contribution in [3.05, 3.63) is 69.8 Å². The lowest BCUT2D eigenvalue weighted by Gasteiger charge is -2.26. The minimum absolute atomic E-state index is 0.202. The highest BCUT2D eigenvalue weighted by Gasteiger charge is 2.33. The monoisotopic (exact) mass is 523 g/mol. The number of rotatable bonds is 12. The van der Waals surface area contributed by atoms with Gasteiger partial charge in [-0.1, -0.05) is 42.0 Å². The van der Waals surface area contributed by atoms with E-state index < -0.39 is 0 Å². The van der Waals surface area contributed by atoms with E-state index in [4.69, 9.17) is 23.7 Å². The Kier molecular flexibility index (Phi) is 9.79. The highest BCUT2D eigenvalue weighted by atomic mass is 16.5. The summed E-state index contributed by atoms with van der Waals surface area (Å²) in [5, 5.41) is 0. The van der Waals surface area contributed by atoms with E-state index >= 15 is 0 Å². The molecule has 2 aliphatic heterocycles. The Morgan fingerprint density at radius 3 is 2.61 bits per heavy atom. The van der Waals surface area contributed by atoms with Crippen molar-refractivity contribution >= 4 is 11.9 Å². The van der Waals surface area contributed by atoms with Crippen LogP contribution >= 0.6 is 0 Å². The van der Waals surface area contributed by atoms with Gasteiger partial charge in [-0.2, -0.15) is 0 Å². The fourth-order valence-electron chi connectivity index (χ4n) is 4.76. The van der Waals surface area contributed by atoms with Crippen molar-refractivity contribution in [2.24, 2.45) is 0 Å². The van der Waals surface area contributed by atoms with Crippen LogP contribution in [0.5, 0.6) is 11.5 Å². The first-order chi connectivity index (χ1) is 18.5. The number of nitrogens with zero attached hydrogens (tertiary/aromatic N) is 1. The molecule has 2 heterocycles. The maximum atomic E-state index is 12.7. The molecule has 1 fully saturated rings. The number of morpholine rings is 1. The molecule has 4 rings (SSSR count). The van der Waals surface area contributed by atoms with Crippen LogP contribution in [0.15, 0.2) is 42.0 Å². The molecule has 2 aromatic carbocycles. The fraction of sp³-hybridized carbons (Fsp3) is 0.467. The van der Waals surface area contributed by atoms with E-state index in [-0.39, 0.29) is 18.5 Å². The lowest BCUT2D eigenvalue weighted by molar-refractivity contribution is -0.144. The largest absolute Gasteiger partial charge is 0.496 e. The molecule has 0 amide bonds. The van der Waals surface area contributed by atoms with Crippen molar-refractivity contribution in [1.29, 1.82) is 0 Å². The Hall–Kier alpha value is -3.36. The van der Waals surface area contributed by atoms with E-state index in [1.807, 2.05) is 44.2 Å². The second-order valence-electron chi connectivity index (χ2n) is 9.60. The number of methoxy groups -OCH3 is 1. The number of cyclic esters (lactones) is 1. The van der Waals surface area contributed by atoms with E-state index in [1.54, 1.807) is 7.11 Å². The SMILES string of the molecule is COc1c(C)c2c(c(OCc3ccccc3)c1C/C=C(\C)CCC(=O)OCCN1CCOCC1)C(=O)OC2. The zero-order valence-corrected chi connectivity index (χ0v) is 22.5. The topological polar surface area (TPSA) is 83.5 Å². The summed E-state index contributed by atoms with van der Waals surface area (Å²) in [4.78, 5) is 27.2. The van der Waals surface area contributed by atoms with Crippen molar-refractivity contribution in [3.63, 3.8) is 0 Å². The number of benzene rings is 2. The van der Waals surface area contributed by atoms with E-state index in [1.165, 1.54) is 0 Å². The van der Waals surface area contributed by atoms with Crippen LogP contribution in [-0.4, -0.2) is 63.4 Å². The molecule has 2 aromatic rings. The molecule has 0 N–H and O–H groups in total. The van der Waals surface area contributed by atoms with Gasteiger partial charge < -0.3 is 23.7 Å². The Morgan fingerprint density at radius 1 is 1.11 bits per heavy atom. The van der Waals surface area contributed by atoms with Crippen LogP contribution in [0.25, 0.3) is 0 Å². The van der Waals surface area contributed by atoms with Crippen LogP contribution < -0.4 is 9.47 Å². The third kappa shape index (κ3) is 6.94. The average Bonchev–Trinajstić information content (AvgIpc) is 3.33. The summed E-state index contributed by atoms with van der Waals surface area (Å²) in [5.74, 6) is 0.610. The molecule has 0 aliphatic carbocycles. The molecule has 8 heteroatoms. The van der Waals surface area contributed by atoms with Crippen LogP contribution in [0.1, 0.15) is 52.4 Å². The molecule has 0 spiro atoms. The van der Waals surface area contributed by atoms with Crippen molar-refractivity contribution in [3.8, 4) is 11.5 Å². The minimum atomic E-state index is -0.379. The van der Waals surface area contributed by atoms with E-state index in [2.05, 4.69) is 11.0 Å². The molecule has 0 unspecified atom stereocenters. The highest BCUT2D eigenvalue weighted by Crippen LogP contribution is 2.43. The van der Waals surface area contributed by atoms with Crippen LogP contribution in [0, 0.1) is 6.92 Å². The van der Waals surface area contributed by atoms with Crippen LogP contribution in [0.2, 0.25) is 0 Å². The van der Waals surface area contributed by atoms with Crippen LogP contribution in [0.3, 0.4) is 0 Å². The summed E-state index contributed by atoms with van der Waals surface area (Å²) in [7, 11) is 1.63. The van der Waals surface area contributed by atoms with Gasteiger partial charge in [0.2, 0.25) is 0 Å². The van der Waals surface area contributed by atoms with Gasteiger partial charge in [-0.25, -0.2) is 4.79 Å². The predicted molar refractivity (Wildman–Crippen MR) is 143 cm³/mol. The normalized spacial score (nSPS) is 15.7. The third-order valence-corrected chi connectivity index (χ3v) is 7.00. The second-order valence-corrected chi connectivity index (χ2v) is 9.60. The Balaban J connectivity index is 1.42. The first-order valence-corrected chi connectivity index (χ1v) is 13.2. The van der Waals surface area contributed by atoms with Gasteiger partial charge in [0.1, 0.15) is 36.9 Å². The molecule has 204 valence electrons. The summed E-state index contributed by atoms with van der Waals surface area (Å²) in [5.41, 5.74) is 5.00. The van der Waals surface area contributed by atoms with Crippen molar-refractivity contribution in [1.82, 2.24) is 4.90 Å². The quantitative estimate of drug-likeness (QED) is 0.299. The number of carbonyl (C=O) groups excluding carboxylic acids is 2. The fourth-order valence-corrected chi connectivity index (χ4v) is 4.76. The number of esters is 2. The lowest BCUT2D eigenvalue weighted by Crippen LogP contribution is -2.38. The molecule has 0 atom stereocenters. The zero-order valence-electron chi connectivity index (χ0n) is 22.5. The first kappa shape index (κ1) is 27.7.